The van der Waals surface area contributed by atoms with Crippen LogP contribution >= 0.6 is 0 Å². The molecule has 1 aromatic carbocycles. The van der Waals surface area contributed by atoms with Crippen LogP contribution < -0.4 is 10.1 Å². The van der Waals surface area contributed by atoms with E-state index in [-0.39, 0.29) is 12.5 Å². The molecule has 140 valence electrons. The van der Waals surface area contributed by atoms with Crippen molar-refractivity contribution in [3.63, 3.8) is 0 Å². The summed E-state index contributed by atoms with van der Waals surface area (Å²) < 4.78 is 10.7. The molecule has 0 spiro atoms. The Morgan fingerprint density at radius 3 is 2.50 bits per heavy atom. The van der Waals surface area contributed by atoms with E-state index in [1.807, 2.05) is 32.0 Å². The number of aryl methyl sites for hydroxylation is 2. The quantitative estimate of drug-likeness (QED) is 0.728. The number of esters is 1. The normalized spacial score (nSPS) is 10.5. The molecule has 0 bridgehead atoms. The Morgan fingerprint density at radius 1 is 1.15 bits per heavy atom. The lowest BCUT2D eigenvalue weighted by Gasteiger charge is -2.11. The number of hydrogen-bond donors (Lipinski definition) is 2. The summed E-state index contributed by atoms with van der Waals surface area (Å²) in [6, 6.07) is 5.53. The van der Waals surface area contributed by atoms with Gasteiger partial charge in [0.2, 0.25) is 0 Å². The molecule has 0 radical (unpaired) electrons. The average Bonchev–Trinajstić information content (AvgIpc) is 2.90. The highest BCUT2D eigenvalue weighted by Crippen LogP contribution is 2.24. The second-order valence-electron chi connectivity index (χ2n) is 6.12. The van der Waals surface area contributed by atoms with Gasteiger partial charge >= 0.3 is 5.97 Å². The lowest BCUT2D eigenvalue weighted by Crippen LogP contribution is -2.15. The molecule has 0 aliphatic heterocycles. The predicted molar refractivity (Wildman–Crippen MR) is 101 cm³/mol. The monoisotopic (exact) mass is 358 g/mol. The first-order valence-corrected chi connectivity index (χ1v) is 8.80. The van der Waals surface area contributed by atoms with Crippen molar-refractivity contribution in [3.05, 3.63) is 46.3 Å². The van der Waals surface area contributed by atoms with Crippen molar-refractivity contribution in [1.29, 1.82) is 0 Å². The van der Waals surface area contributed by atoms with Crippen molar-refractivity contribution in [2.24, 2.45) is 0 Å². The zero-order valence-electron chi connectivity index (χ0n) is 16.0. The molecule has 1 heterocycles. The van der Waals surface area contributed by atoms with E-state index in [1.165, 1.54) is 0 Å². The number of ether oxygens (including phenoxy) is 2. The van der Waals surface area contributed by atoms with Crippen molar-refractivity contribution >= 4 is 17.6 Å². The predicted octanol–water partition coefficient (Wildman–Crippen LogP) is 4.16. The molecule has 0 saturated heterocycles. The zero-order valence-corrected chi connectivity index (χ0v) is 16.0. The summed E-state index contributed by atoms with van der Waals surface area (Å²) in [7, 11) is 0. The Kier molecular flexibility index (Phi) is 6.44. The maximum atomic E-state index is 12.7. The second-order valence-corrected chi connectivity index (χ2v) is 6.12. The fourth-order valence-corrected chi connectivity index (χ4v) is 2.76. The number of anilines is 1. The molecule has 2 aromatic rings. The molecule has 0 unspecified atom stereocenters. The topological polar surface area (TPSA) is 80.4 Å². The van der Waals surface area contributed by atoms with Gasteiger partial charge in [0.05, 0.1) is 18.8 Å². The Morgan fingerprint density at radius 2 is 1.88 bits per heavy atom. The van der Waals surface area contributed by atoms with Gasteiger partial charge in [0.1, 0.15) is 11.4 Å². The van der Waals surface area contributed by atoms with Gasteiger partial charge in [-0.25, -0.2) is 4.79 Å². The molecule has 0 fully saturated rings. The number of aromatic amines is 1. The number of rotatable bonds is 7. The summed E-state index contributed by atoms with van der Waals surface area (Å²) >= 11 is 0. The highest BCUT2D eigenvalue weighted by atomic mass is 16.5. The van der Waals surface area contributed by atoms with E-state index in [0.717, 1.165) is 17.7 Å². The van der Waals surface area contributed by atoms with E-state index in [2.05, 4.69) is 10.3 Å². The maximum absolute atomic E-state index is 12.7. The van der Waals surface area contributed by atoms with Crippen molar-refractivity contribution in [1.82, 2.24) is 4.98 Å². The first-order valence-electron chi connectivity index (χ1n) is 8.80. The molecular weight excluding hydrogens is 332 g/mol. The van der Waals surface area contributed by atoms with E-state index in [9.17, 15) is 9.59 Å². The van der Waals surface area contributed by atoms with Gasteiger partial charge in [0.15, 0.2) is 0 Å². The molecule has 2 N–H and O–H groups in total. The molecule has 0 saturated carbocycles. The number of nitrogens with one attached hydrogen (secondary N) is 2. The molecule has 1 amide bonds. The fraction of sp³-hybridized carbons (Fsp3) is 0.400. The number of H-pyrrole nitrogens is 1. The highest BCUT2D eigenvalue weighted by Gasteiger charge is 2.23. The van der Waals surface area contributed by atoms with Crippen LogP contribution in [0.1, 0.15) is 57.9 Å². The largest absolute Gasteiger partial charge is 0.494 e. The first-order chi connectivity index (χ1) is 12.4. The maximum Gasteiger partial charge on any atom is 0.340 e. The molecule has 6 nitrogen and oxygen atoms in total. The number of amides is 1. The summed E-state index contributed by atoms with van der Waals surface area (Å²) in [6.07, 6.45) is 0.936. The molecule has 0 aliphatic carbocycles. The SMILES string of the molecule is CCCOc1ccc(NC(=O)c2[nH]c(C)c(C(=O)OCC)c2C)c(C)c1. The molecule has 6 heteroatoms. The van der Waals surface area contributed by atoms with Crippen LogP contribution in [0, 0.1) is 20.8 Å². The van der Waals surface area contributed by atoms with Gasteiger partial charge < -0.3 is 19.8 Å². The van der Waals surface area contributed by atoms with Crippen LogP contribution in [0.15, 0.2) is 18.2 Å². The van der Waals surface area contributed by atoms with Crippen LogP contribution in [-0.2, 0) is 4.74 Å². The van der Waals surface area contributed by atoms with Gasteiger partial charge in [0.25, 0.3) is 5.91 Å². The number of carbonyl (C=O) groups is 2. The Hall–Kier alpha value is -2.76. The van der Waals surface area contributed by atoms with Gasteiger partial charge in [-0.2, -0.15) is 0 Å². The van der Waals surface area contributed by atoms with Gasteiger partial charge in [-0.05, 0) is 63.4 Å². The Balaban J connectivity index is 2.20. The molecule has 0 aliphatic rings. The second kappa shape index (κ2) is 8.56. The van der Waals surface area contributed by atoms with E-state index in [4.69, 9.17) is 9.47 Å². The number of aromatic nitrogens is 1. The molecular formula is C20H26N2O4. The zero-order chi connectivity index (χ0) is 19.3. The third kappa shape index (κ3) is 4.25. The van der Waals surface area contributed by atoms with Crippen LogP contribution in [0.3, 0.4) is 0 Å². The van der Waals surface area contributed by atoms with Crippen molar-refractivity contribution in [3.8, 4) is 5.75 Å². The van der Waals surface area contributed by atoms with Gasteiger partial charge in [0, 0.05) is 11.4 Å². The van der Waals surface area contributed by atoms with E-state index in [1.54, 1.807) is 20.8 Å². The molecule has 2 rings (SSSR count). The lowest BCUT2D eigenvalue weighted by atomic mass is 10.1. The average molecular weight is 358 g/mol. The highest BCUT2D eigenvalue weighted by molar-refractivity contribution is 6.07. The first kappa shape index (κ1) is 19.6. The number of hydrogen-bond acceptors (Lipinski definition) is 4. The third-order valence-corrected chi connectivity index (χ3v) is 4.06. The number of benzene rings is 1. The van der Waals surface area contributed by atoms with Gasteiger partial charge in [-0.15, -0.1) is 0 Å². The third-order valence-electron chi connectivity index (χ3n) is 4.06. The minimum Gasteiger partial charge on any atom is -0.494 e. The Labute approximate surface area is 153 Å². The van der Waals surface area contributed by atoms with E-state index < -0.39 is 5.97 Å². The molecule has 0 atom stereocenters. The van der Waals surface area contributed by atoms with Crippen LogP contribution in [-0.4, -0.2) is 30.1 Å². The molecule has 26 heavy (non-hydrogen) atoms. The summed E-state index contributed by atoms with van der Waals surface area (Å²) in [5.74, 6) is 0.0525. The summed E-state index contributed by atoms with van der Waals surface area (Å²) in [4.78, 5) is 27.7. The van der Waals surface area contributed by atoms with E-state index in [0.29, 0.717) is 34.8 Å². The summed E-state index contributed by atoms with van der Waals surface area (Å²) in [5, 5.41) is 2.88. The van der Waals surface area contributed by atoms with Crippen molar-refractivity contribution in [2.45, 2.75) is 41.0 Å². The minimum absolute atomic E-state index is 0.288. The smallest absolute Gasteiger partial charge is 0.340 e. The fourth-order valence-electron chi connectivity index (χ4n) is 2.76. The van der Waals surface area contributed by atoms with Gasteiger partial charge in [-0.1, -0.05) is 6.92 Å². The van der Waals surface area contributed by atoms with Crippen molar-refractivity contribution in [2.75, 3.05) is 18.5 Å². The van der Waals surface area contributed by atoms with E-state index >= 15 is 0 Å². The van der Waals surface area contributed by atoms with Crippen LogP contribution in [0.4, 0.5) is 5.69 Å². The summed E-state index contributed by atoms with van der Waals surface area (Å²) in [5.41, 5.74) is 3.57. The standard InChI is InChI=1S/C20H26N2O4/c1-6-10-26-15-8-9-16(12(3)11-15)22-19(23)18-13(4)17(14(5)21-18)20(24)25-7-2/h8-9,11,21H,6-7,10H2,1-5H3,(H,22,23). The van der Waals surface area contributed by atoms with Crippen LogP contribution in [0.2, 0.25) is 0 Å². The van der Waals surface area contributed by atoms with Gasteiger partial charge in [-0.3, -0.25) is 4.79 Å². The van der Waals surface area contributed by atoms with Crippen LogP contribution in [0.25, 0.3) is 0 Å². The summed E-state index contributed by atoms with van der Waals surface area (Å²) in [6.45, 7) is 10.1. The molecule has 1 aromatic heterocycles. The number of carbonyl (C=O) groups excluding carboxylic acids is 2. The van der Waals surface area contributed by atoms with Crippen molar-refractivity contribution < 1.29 is 19.1 Å². The van der Waals surface area contributed by atoms with Crippen LogP contribution in [0.5, 0.6) is 5.75 Å². The minimum atomic E-state index is -0.425. The lowest BCUT2D eigenvalue weighted by molar-refractivity contribution is 0.0525. The Bertz CT molecular complexity index is 808.